The number of hydrogen-bond donors (Lipinski definition) is 0. The van der Waals surface area contributed by atoms with E-state index in [2.05, 4.69) is 13.0 Å². The largest absolute Gasteiger partial charge is 0.198 e. The molecule has 0 saturated heterocycles. The second-order valence-electron chi connectivity index (χ2n) is 3.34. The fraction of sp³-hybridized carbons (Fsp3) is 0.636. The van der Waals surface area contributed by atoms with Crippen LogP contribution in [0.3, 0.4) is 0 Å². The molecule has 17 heavy (non-hydrogen) atoms. The van der Waals surface area contributed by atoms with E-state index >= 15 is 0 Å². The van der Waals surface area contributed by atoms with E-state index < -0.39 is 0 Å². The van der Waals surface area contributed by atoms with Crippen LogP contribution >= 0.6 is 58.4 Å². The molecule has 0 spiro atoms. The molecule has 0 saturated carbocycles. The molecule has 0 fully saturated rings. The number of rotatable bonds is 8. The lowest BCUT2D eigenvalue weighted by Gasteiger charge is -2.00. The van der Waals surface area contributed by atoms with Gasteiger partial charge < -0.3 is 0 Å². The van der Waals surface area contributed by atoms with Crippen LogP contribution in [0.1, 0.15) is 32.6 Å². The molecular weight excluding hydrogens is 306 g/mol. The Balaban J connectivity index is 2.46. The van der Waals surface area contributed by atoms with Crippen molar-refractivity contribution in [1.82, 2.24) is 0 Å². The molecule has 0 amide bonds. The highest BCUT2D eigenvalue weighted by molar-refractivity contribution is 8.05. The minimum atomic E-state index is 0.611. The average molecular weight is 322 g/mol. The van der Waals surface area contributed by atoms with Crippen molar-refractivity contribution in [3.63, 3.8) is 0 Å². The highest BCUT2D eigenvalue weighted by atomic mass is 32.2. The predicted molar refractivity (Wildman–Crippen MR) is 84.2 cm³/mol. The summed E-state index contributed by atoms with van der Waals surface area (Å²) in [5.74, 6) is 2.06. The van der Waals surface area contributed by atoms with Gasteiger partial charge in [0.05, 0.1) is 14.5 Å². The second kappa shape index (κ2) is 9.40. The second-order valence-corrected chi connectivity index (χ2v) is 9.29. The van der Waals surface area contributed by atoms with Crippen molar-refractivity contribution in [3.05, 3.63) is 3.14 Å². The fourth-order valence-corrected chi connectivity index (χ4v) is 7.23. The normalized spacial score (nSPS) is 10.4. The van der Waals surface area contributed by atoms with Gasteiger partial charge in [0.25, 0.3) is 0 Å². The maximum absolute atomic E-state index is 8.54. The Morgan fingerprint density at radius 3 is 2.41 bits per heavy atom. The smallest absolute Gasteiger partial charge is 0.145 e. The Hall–Kier alpha value is 0.460. The monoisotopic (exact) mass is 321 g/mol. The summed E-state index contributed by atoms with van der Waals surface area (Å²) in [6, 6.07) is 2.18. The Labute approximate surface area is 125 Å². The highest BCUT2D eigenvalue weighted by Gasteiger charge is 2.08. The van der Waals surface area contributed by atoms with Gasteiger partial charge in [-0.3, -0.25) is 0 Å². The third kappa shape index (κ3) is 6.25. The minimum absolute atomic E-state index is 0.611. The SMILES string of the molecule is CCCCCSc1sc(=S)sc1SCCC#N. The van der Waals surface area contributed by atoms with E-state index in [0.29, 0.717) is 6.42 Å². The Morgan fingerprint density at radius 2 is 1.82 bits per heavy atom. The molecule has 1 heterocycles. The molecule has 94 valence electrons. The summed E-state index contributed by atoms with van der Waals surface area (Å²) < 4.78 is 3.68. The molecule has 1 aromatic rings. The van der Waals surface area contributed by atoms with E-state index in [9.17, 15) is 0 Å². The van der Waals surface area contributed by atoms with Crippen molar-refractivity contribution in [3.8, 4) is 6.07 Å². The van der Waals surface area contributed by atoms with Gasteiger partial charge in [-0.25, -0.2) is 0 Å². The van der Waals surface area contributed by atoms with Crippen molar-refractivity contribution in [2.75, 3.05) is 11.5 Å². The van der Waals surface area contributed by atoms with Crippen LogP contribution in [0.2, 0.25) is 0 Å². The number of hydrogen-bond acceptors (Lipinski definition) is 6. The van der Waals surface area contributed by atoms with Gasteiger partial charge in [0.2, 0.25) is 0 Å². The number of nitriles is 1. The van der Waals surface area contributed by atoms with Gasteiger partial charge in [0.1, 0.15) is 3.14 Å². The lowest BCUT2D eigenvalue weighted by Crippen LogP contribution is -1.79. The molecule has 0 bridgehead atoms. The first-order valence-corrected chi connectivity index (χ1v) is 9.55. The highest BCUT2D eigenvalue weighted by Crippen LogP contribution is 2.41. The molecule has 0 aliphatic heterocycles. The van der Waals surface area contributed by atoms with Gasteiger partial charge >= 0.3 is 0 Å². The summed E-state index contributed by atoms with van der Waals surface area (Å²) in [5, 5.41) is 8.54. The van der Waals surface area contributed by atoms with Crippen molar-refractivity contribution in [2.45, 2.75) is 41.0 Å². The van der Waals surface area contributed by atoms with Crippen molar-refractivity contribution < 1.29 is 0 Å². The first kappa shape index (κ1) is 15.5. The van der Waals surface area contributed by atoms with Crippen molar-refractivity contribution in [2.24, 2.45) is 0 Å². The van der Waals surface area contributed by atoms with Crippen LogP contribution in [0, 0.1) is 14.5 Å². The third-order valence-electron chi connectivity index (χ3n) is 1.95. The van der Waals surface area contributed by atoms with E-state index in [1.807, 2.05) is 11.8 Å². The quantitative estimate of drug-likeness (QED) is 0.341. The lowest BCUT2D eigenvalue weighted by atomic mass is 10.3. The molecule has 0 N–H and O–H groups in total. The van der Waals surface area contributed by atoms with Crippen molar-refractivity contribution >= 4 is 58.4 Å². The van der Waals surface area contributed by atoms with Crippen LogP contribution < -0.4 is 0 Å². The van der Waals surface area contributed by atoms with Crippen LogP contribution in [0.25, 0.3) is 0 Å². The van der Waals surface area contributed by atoms with Gasteiger partial charge in [-0.1, -0.05) is 32.0 Å². The molecule has 0 atom stereocenters. The van der Waals surface area contributed by atoms with E-state index in [4.69, 9.17) is 17.5 Å². The standard InChI is InChI=1S/C11H15NS5/c1-2-3-4-7-14-9-10(15-8-5-6-12)17-11(13)16-9/h2-5,7-8H2,1H3. The maximum Gasteiger partial charge on any atom is 0.145 e. The zero-order valence-electron chi connectivity index (χ0n) is 9.73. The molecule has 0 aliphatic rings. The van der Waals surface area contributed by atoms with Gasteiger partial charge in [0, 0.05) is 12.2 Å². The van der Waals surface area contributed by atoms with E-state index in [-0.39, 0.29) is 0 Å². The maximum atomic E-state index is 8.54. The van der Waals surface area contributed by atoms with Gasteiger partial charge in [0.15, 0.2) is 0 Å². The summed E-state index contributed by atoms with van der Waals surface area (Å²) in [7, 11) is 0. The van der Waals surface area contributed by atoms with Crippen LogP contribution in [0.5, 0.6) is 0 Å². The zero-order valence-corrected chi connectivity index (χ0v) is 13.8. The summed E-state index contributed by atoms with van der Waals surface area (Å²) in [4.78, 5) is 0. The van der Waals surface area contributed by atoms with Crippen LogP contribution in [-0.4, -0.2) is 11.5 Å². The first-order valence-electron chi connectivity index (χ1n) is 5.54. The van der Waals surface area contributed by atoms with Gasteiger partial charge in [-0.2, -0.15) is 5.26 Å². The number of thioether (sulfide) groups is 2. The van der Waals surface area contributed by atoms with E-state index in [1.165, 1.54) is 33.4 Å². The Bertz CT molecular complexity index is 414. The molecule has 1 aromatic heterocycles. The van der Waals surface area contributed by atoms with Crippen LogP contribution in [0.4, 0.5) is 0 Å². The zero-order chi connectivity index (χ0) is 12.5. The Kier molecular flexibility index (Phi) is 8.58. The third-order valence-corrected chi connectivity index (χ3v) is 7.62. The first-order chi connectivity index (χ1) is 8.27. The molecule has 0 aliphatic carbocycles. The average Bonchev–Trinajstić information content (AvgIpc) is 2.66. The predicted octanol–water partition coefficient (Wildman–Crippen LogP) is 5.83. The molecule has 0 radical (unpaired) electrons. The molecule has 1 nitrogen and oxygen atoms in total. The summed E-state index contributed by atoms with van der Waals surface area (Å²) >= 11 is 12.4. The lowest BCUT2D eigenvalue weighted by molar-refractivity contribution is 0.778. The van der Waals surface area contributed by atoms with Crippen LogP contribution in [0.15, 0.2) is 8.42 Å². The number of unbranched alkanes of at least 4 members (excludes halogenated alkanes) is 2. The summed E-state index contributed by atoms with van der Waals surface area (Å²) in [6.07, 6.45) is 4.46. The van der Waals surface area contributed by atoms with E-state index in [1.54, 1.807) is 34.4 Å². The topological polar surface area (TPSA) is 23.8 Å². The molecule has 0 unspecified atom stereocenters. The van der Waals surface area contributed by atoms with Crippen molar-refractivity contribution in [1.29, 1.82) is 5.26 Å². The van der Waals surface area contributed by atoms with Crippen LogP contribution in [-0.2, 0) is 0 Å². The minimum Gasteiger partial charge on any atom is -0.198 e. The fourth-order valence-electron chi connectivity index (χ4n) is 1.14. The molecule has 0 aromatic carbocycles. The Morgan fingerprint density at radius 1 is 1.18 bits per heavy atom. The summed E-state index contributed by atoms with van der Waals surface area (Å²) in [5.41, 5.74) is 0. The molecule has 6 heteroatoms. The van der Waals surface area contributed by atoms with E-state index in [0.717, 1.165) is 8.89 Å². The molecule has 1 rings (SSSR count). The van der Waals surface area contributed by atoms with Gasteiger partial charge in [-0.05, 0) is 12.2 Å². The molecular formula is C11H15NS5. The van der Waals surface area contributed by atoms with Gasteiger partial charge in [-0.15, -0.1) is 46.2 Å². The number of nitrogens with zero attached hydrogens (tertiary/aromatic N) is 1. The summed E-state index contributed by atoms with van der Waals surface area (Å²) in [6.45, 7) is 2.22.